The second-order valence-electron chi connectivity index (χ2n) is 7.13. The highest BCUT2D eigenvalue weighted by molar-refractivity contribution is 6.32. The van der Waals surface area contributed by atoms with Gasteiger partial charge in [-0.05, 0) is 38.5 Å². The lowest BCUT2D eigenvalue weighted by atomic mass is 9.86. The summed E-state index contributed by atoms with van der Waals surface area (Å²) in [4.78, 5) is 24.1. The number of methoxy groups -OCH3 is 1. The molecule has 0 bridgehead atoms. The summed E-state index contributed by atoms with van der Waals surface area (Å²) in [5, 5.41) is 7.83. The molecule has 2 aliphatic rings. The second-order valence-corrected chi connectivity index (χ2v) is 7.49. The minimum Gasteiger partial charge on any atom is -0.469 e. The van der Waals surface area contributed by atoms with E-state index in [2.05, 4.69) is 10.4 Å². The largest absolute Gasteiger partial charge is 0.469 e. The van der Waals surface area contributed by atoms with Gasteiger partial charge >= 0.3 is 5.97 Å². The minimum absolute atomic E-state index is 0.0374. The lowest BCUT2D eigenvalue weighted by molar-refractivity contribution is -0.146. The number of nitrogens with zero attached hydrogens (tertiary/aromatic N) is 2. The highest BCUT2D eigenvalue weighted by Gasteiger charge is 2.30. The van der Waals surface area contributed by atoms with Gasteiger partial charge in [0.05, 0.1) is 30.8 Å². The fourth-order valence-electron chi connectivity index (χ4n) is 3.99. The zero-order chi connectivity index (χ0) is 17.8. The van der Waals surface area contributed by atoms with E-state index in [1.807, 2.05) is 0 Å². The van der Waals surface area contributed by atoms with Crippen LogP contribution < -0.4 is 5.32 Å². The summed E-state index contributed by atoms with van der Waals surface area (Å²) < 4.78 is 6.56. The van der Waals surface area contributed by atoms with Gasteiger partial charge < -0.3 is 10.1 Å². The van der Waals surface area contributed by atoms with Crippen molar-refractivity contribution >= 4 is 23.5 Å². The molecule has 0 radical (unpaired) electrons. The summed E-state index contributed by atoms with van der Waals surface area (Å²) >= 11 is 6.44. The fraction of sp³-hybridized carbons (Fsp3) is 0.722. The molecule has 6 nitrogen and oxygen atoms in total. The van der Waals surface area contributed by atoms with Crippen molar-refractivity contribution in [3.8, 4) is 0 Å². The number of hydrogen-bond acceptors (Lipinski definition) is 4. The molecule has 1 aromatic rings. The predicted molar refractivity (Wildman–Crippen MR) is 94.6 cm³/mol. The van der Waals surface area contributed by atoms with Crippen molar-refractivity contribution in [1.82, 2.24) is 15.1 Å². The van der Waals surface area contributed by atoms with E-state index in [9.17, 15) is 9.59 Å². The monoisotopic (exact) mass is 367 g/mol. The van der Waals surface area contributed by atoms with Crippen LogP contribution in [0.1, 0.15) is 74.2 Å². The van der Waals surface area contributed by atoms with Gasteiger partial charge in [-0.15, -0.1) is 0 Å². The smallest absolute Gasteiger partial charge is 0.308 e. The number of halogens is 1. The van der Waals surface area contributed by atoms with Crippen LogP contribution in [0.5, 0.6) is 0 Å². The maximum atomic E-state index is 12.5. The summed E-state index contributed by atoms with van der Waals surface area (Å²) in [6.07, 6.45) is 10.4. The van der Waals surface area contributed by atoms with Crippen molar-refractivity contribution < 1.29 is 14.3 Å². The standard InChI is InChI=1S/C18H26ClN3O3/c1-25-18(24)12-7-9-14(10-8-12)22-16(19)15(11-20-22)17(23)21-13-5-3-2-4-6-13/h11-14H,2-10H2,1H3,(H,21,23). The number of rotatable bonds is 4. The Kier molecular flexibility index (Phi) is 5.99. The zero-order valence-corrected chi connectivity index (χ0v) is 15.4. The molecule has 0 spiro atoms. The topological polar surface area (TPSA) is 73.2 Å². The third-order valence-corrected chi connectivity index (χ3v) is 5.87. The number of amides is 1. The van der Waals surface area contributed by atoms with Gasteiger partial charge in [0.15, 0.2) is 0 Å². The molecule has 2 saturated carbocycles. The Bertz CT molecular complexity index is 617. The summed E-state index contributed by atoms with van der Waals surface area (Å²) in [7, 11) is 1.43. The van der Waals surface area contributed by atoms with Gasteiger partial charge in [-0.1, -0.05) is 30.9 Å². The highest BCUT2D eigenvalue weighted by Crippen LogP contribution is 2.35. The van der Waals surface area contributed by atoms with Crippen LogP contribution >= 0.6 is 11.6 Å². The van der Waals surface area contributed by atoms with Crippen molar-refractivity contribution in [3.05, 3.63) is 16.9 Å². The van der Waals surface area contributed by atoms with Gasteiger partial charge in [-0.3, -0.25) is 14.3 Å². The molecule has 2 fully saturated rings. The Morgan fingerprint density at radius 3 is 2.48 bits per heavy atom. The van der Waals surface area contributed by atoms with E-state index in [1.54, 1.807) is 10.9 Å². The van der Waals surface area contributed by atoms with Crippen LogP contribution in [-0.2, 0) is 9.53 Å². The number of ether oxygens (including phenoxy) is 1. The lowest BCUT2D eigenvalue weighted by Gasteiger charge is -2.27. The van der Waals surface area contributed by atoms with Crippen LogP contribution in [0.4, 0.5) is 0 Å². The maximum absolute atomic E-state index is 12.5. The van der Waals surface area contributed by atoms with Gasteiger partial charge in [0.2, 0.25) is 0 Å². The lowest BCUT2D eigenvalue weighted by Crippen LogP contribution is -2.36. The first-order valence-electron chi connectivity index (χ1n) is 9.22. The summed E-state index contributed by atoms with van der Waals surface area (Å²) in [5.41, 5.74) is 0.447. The number of aromatic nitrogens is 2. The first kappa shape index (κ1) is 18.2. The maximum Gasteiger partial charge on any atom is 0.308 e. The molecule has 138 valence electrons. The van der Waals surface area contributed by atoms with Crippen LogP contribution in [0, 0.1) is 5.92 Å². The average molecular weight is 368 g/mol. The Hall–Kier alpha value is -1.56. The molecule has 3 rings (SSSR count). The van der Waals surface area contributed by atoms with Crippen LogP contribution in [0.2, 0.25) is 5.15 Å². The van der Waals surface area contributed by atoms with E-state index >= 15 is 0 Å². The number of nitrogens with one attached hydrogen (secondary N) is 1. The molecule has 7 heteroatoms. The first-order valence-corrected chi connectivity index (χ1v) is 9.59. The quantitative estimate of drug-likeness (QED) is 0.826. The van der Waals surface area contributed by atoms with E-state index < -0.39 is 0 Å². The Balaban J connectivity index is 1.61. The van der Waals surface area contributed by atoms with Crippen molar-refractivity contribution in [2.75, 3.05) is 7.11 Å². The molecule has 2 aliphatic carbocycles. The number of esters is 1. The van der Waals surface area contributed by atoms with E-state index in [0.29, 0.717) is 10.7 Å². The summed E-state index contributed by atoms with van der Waals surface area (Å²) in [6, 6.07) is 0.376. The Morgan fingerprint density at radius 2 is 1.84 bits per heavy atom. The molecule has 1 N–H and O–H groups in total. The molecule has 1 heterocycles. The van der Waals surface area contributed by atoms with Gasteiger partial charge in [-0.25, -0.2) is 0 Å². The second kappa shape index (κ2) is 8.21. The molecule has 0 aliphatic heterocycles. The van der Waals surface area contributed by atoms with E-state index in [4.69, 9.17) is 16.3 Å². The first-order chi connectivity index (χ1) is 12.1. The molecule has 0 aromatic carbocycles. The summed E-state index contributed by atoms with van der Waals surface area (Å²) in [5.74, 6) is -0.311. The third kappa shape index (κ3) is 4.17. The molecule has 0 atom stereocenters. The molecule has 0 saturated heterocycles. The molecule has 0 unspecified atom stereocenters. The van der Waals surface area contributed by atoms with Crippen LogP contribution in [0.15, 0.2) is 6.20 Å². The average Bonchev–Trinajstić information content (AvgIpc) is 3.03. The Labute approximate surface area is 153 Å². The SMILES string of the molecule is COC(=O)C1CCC(n2ncc(C(=O)NC3CCCCC3)c2Cl)CC1. The Morgan fingerprint density at radius 1 is 1.16 bits per heavy atom. The number of hydrogen-bond donors (Lipinski definition) is 1. The van der Waals surface area contributed by atoms with Gasteiger partial charge in [0.1, 0.15) is 5.15 Å². The number of carbonyl (C=O) groups is 2. The van der Waals surface area contributed by atoms with Gasteiger partial charge in [0.25, 0.3) is 5.91 Å². The van der Waals surface area contributed by atoms with Crippen LogP contribution in [-0.4, -0.2) is 34.8 Å². The van der Waals surface area contributed by atoms with Crippen molar-refractivity contribution in [2.24, 2.45) is 5.92 Å². The van der Waals surface area contributed by atoms with Gasteiger partial charge in [-0.2, -0.15) is 5.10 Å². The molecule has 1 amide bonds. The van der Waals surface area contributed by atoms with Gasteiger partial charge in [0, 0.05) is 6.04 Å². The normalized spacial score (nSPS) is 24.7. The number of carbonyl (C=O) groups excluding carboxylic acids is 2. The van der Waals surface area contributed by atoms with E-state index in [-0.39, 0.29) is 29.9 Å². The minimum atomic E-state index is -0.141. The fourth-order valence-corrected chi connectivity index (χ4v) is 4.30. The predicted octanol–water partition coefficient (Wildman–Crippen LogP) is 3.50. The molecular weight excluding hydrogens is 342 g/mol. The third-order valence-electron chi connectivity index (χ3n) is 5.50. The zero-order valence-electron chi connectivity index (χ0n) is 14.7. The van der Waals surface area contributed by atoms with E-state index in [1.165, 1.54) is 26.4 Å². The summed E-state index contributed by atoms with van der Waals surface area (Å²) in [6.45, 7) is 0. The molecular formula is C18H26ClN3O3. The van der Waals surface area contributed by atoms with Crippen molar-refractivity contribution in [2.45, 2.75) is 69.9 Å². The molecule has 1 aromatic heterocycles. The van der Waals surface area contributed by atoms with Crippen molar-refractivity contribution in [3.63, 3.8) is 0 Å². The van der Waals surface area contributed by atoms with E-state index in [0.717, 1.165) is 38.5 Å². The highest BCUT2D eigenvalue weighted by atomic mass is 35.5. The van der Waals surface area contributed by atoms with Crippen molar-refractivity contribution in [1.29, 1.82) is 0 Å². The van der Waals surface area contributed by atoms with Crippen LogP contribution in [0.3, 0.4) is 0 Å². The molecule has 25 heavy (non-hydrogen) atoms. The van der Waals surface area contributed by atoms with Crippen LogP contribution in [0.25, 0.3) is 0 Å².